The third kappa shape index (κ3) is 6.41. The summed E-state index contributed by atoms with van der Waals surface area (Å²) in [5, 5.41) is 2.04. The topological polar surface area (TPSA) is 38.3 Å². The van der Waals surface area contributed by atoms with Gasteiger partial charge in [-0.15, -0.1) is 0 Å². The molecule has 0 bridgehead atoms. The lowest BCUT2D eigenvalue weighted by Crippen LogP contribution is -2.14. The maximum atomic E-state index is 12.9. The van der Waals surface area contributed by atoms with Crippen LogP contribution in [-0.4, -0.2) is 12.5 Å². The molecule has 3 nitrogen and oxygen atoms in total. The summed E-state index contributed by atoms with van der Waals surface area (Å²) in [6.45, 7) is 4.50. The summed E-state index contributed by atoms with van der Waals surface area (Å²) in [5.41, 5.74) is 0.249. The van der Waals surface area contributed by atoms with Crippen molar-refractivity contribution in [1.82, 2.24) is 0 Å². The van der Waals surface area contributed by atoms with Crippen molar-refractivity contribution < 1.29 is 22.7 Å². The van der Waals surface area contributed by atoms with E-state index in [1.165, 1.54) is 11.6 Å². The molecule has 0 saturated heterocycles. The highest BCUT2D eigenvalue weighted by molar-refractivity contribution is 9.10. The molecular formula is C20H20BrClF3NO2. The quantitative estimate of drug-likeness (QED) is 0.433. The Bertz CT molecular complexity index is 841. The Kier molecular flexibility index (Phi) is 7.78. The lowest BCUT2D eigenvalue weighted by Gasteiger charge is -2.12. The maximum Gasteiger partial charge on any atom is 0.417 e. The van der Waals surface area contributed by atoms with Gasteiger partial charge in [-0.1, -0.05) is 31.5 Å². The van der Waals surface area contributed by atoms with Gasteiger partial charge in [-0.05, 0) is 64.2 Å². The summed E-state index contributed by atoms with van der Waals surface area (Å²) in [4.78, 5) is 12.0. The first-order valence-electron chi connectivity index (χ1n) is 8.66. The zero-order chi connectivity index (χ0) is 20.9. The first kappa shape index (κ1) is 22.6. The van der Waals surface area contributed by atoms with Gasteiger partial charge >= 0.3 is 6.18 Å². The number of carbonyl (C=O) groups excluding carboxylic acids is 1. The number of ether oxygens (including phenoxy) is 1. The van der Waals surface area contributed by atoms with Gasteiger partial charge < -0.3 is 10.1 Å². The van der Waals surface area contributed by atoms with Crippen LogP contribution in [0.25, 0.3) is 0 Å². The van der Waals surface area contributed by atoms with Gasteiger partial charge in [-0.2, -0.15) is 13.2 Å². The van der Waals surface area contributed by atoms with E-state index < -0.39 is 22.7 Å². The number of hydrogen-bond donors (Lipinski definition) is 1. The van der Waals surface area contributed by atoms with Crippen LogP contribution in [0.2, 0.25) is 5.02 Å². The fraction of sp³-hybridized carbons (Fsp3) is 0.350. The number of benzene rings is 2. The Morgan fingerprint density at radius 3 is 2.54 bits per heavy atom. The number of alkyl halides is 3. The van der Waals surface area contributed by atoms with E-state index in [0.717, 1.165) is 16.6 Å². The summed E-state index contributed by atoms with van der Waals surface area (Å²) in [6, 6.07) is 9.11. The summed E-state index contributed by atoms with van der Waals surface area (Å²) in [6.07, 6.45) is -4.04. The number of rotatable bonds is 7. The van der Waals surface area contributed by atoms with E-state index >= 15 is 0 Å². The van der Waals surface area contributed by atoms with Crippen molar-refractivity contribution in [3.63, 3.8) is 0 Å². The third-order valence-electron chi connectivity index (χ3n) is 3.98. The van der Waals surface area contributed by atoms with E-state index in [0.29, 0.717) is 24.7 Å². The fourth-order valence-corrected chi connectivity index (χ4v) is 3.19. The molecule has 1 amide bonds. The minimum absolute atomic E-state index is 0.0506. The van der Waals surface area contributed by atoms with Crippen molar-refractivity contribution in [2.24, 2.45) is 0 Å². The molecule has 0 aliphatic carbocycles. The molecule has 28 heavy (non-hydrogen) atoms. The average Bonchev–Trinajstić information content (AvgIpc) is 2.60. The monoisotopic (exact) mass is 477 g/mol. The van der Waals surface area contributed by atoms with Gasteiger partial charge in [0.15, 0.2) is 0 Å². The number of amides is 1. The van der Waals surface area contributed by atoms with Crippen LogP contribution in [0.1, 0.15) is 43.7 Å². The SMILES string of the molecule is CC(C)c1ccc(OCCCC(=O)Nc2ccc(Cl)c(C(F)(F)F)c2)c(Br)c1. The molecule has 0 unspecified atom stereocenters. The highest BCUT2D eigenvalue weighted by Gasteiger charge is 2.33. The molecule has 0 aromatic heterocycles. The number of carbonyl (C=O) groups is 1. The van der Waals surface area contributed by atoms with Gasteiger partial charge in [0.2, 0.25) is 5.91 Å². The molecular weight excluding hydrogens is 459 g/mol. The second kappa shape index (κ2) is 9.65. The molecule has 0 fully saturated rings. The number of anilines is 1. The van der Waals surface area contributed by atoms with E-state index in [-0.39, 0.29) is 12.1 Å². The molecule has 0 spiro atoms. The molecule has 8 heteroatoms. The lowest BCUT2D eigenvalue weighted by molar-refractivity contribution is -0.137. The Morgan fingerprint density at radius 2 is 1.93 bits per heavy atom. The Hall–Kier alpha value is -1.73. The molecule has 2 aromatic rings. The Morgan fingerprint density at radius 1 is 1.21 bits per heavy atom. The lowest BCUT2D eigenvalue weighted by atomic mass is 10.0. The molecule has 2 aromatic carbocycles. The van der Waals surface area contributed by atoms with Crippen molar-refractivity contribution in [3.8, 4) is 5.75 Å². The fourth-order valence-electron chi connectivity index (χ4n) is 2.45. The van der Waals surface area contributed by atoms with Gasteiger partial charge in [0.25, 0.3) is 0 Å². The molecule has 0 radical (unpaired) electrons. The van der Waals surface area contributed by atoms with Crippen LogP contribution >= 0.6 is 27.5 Å². The summed E-state index contributed by atoms with van der Waals surface area (Å²) in [5.74, 6) is 0.686. The van der Waals surface area contributed by atoms with Crippen LogP contribution in [0.15, 0.2) is 40.9 Å². The molecule has 152 valence electrons. The first-order chi connectivity index (χ1) is 13.1. The zero-order valence-corrected chi connectivity index (χ0v) is 17.7. The van der Waals surface area contributed by atoms with Gasteiger partial charge in [0.1, 0.15) is 5.75 Å². The summed E-state index contributed by atoms with van der Waals surface area (Å²) < 4.78 is 45.1. The third-order valence-corrected chi connectivity index (χ3v) is 4.93. The average molecular weight is 479 g/mol. The highest BCUT2D eigenvalue weighted by Crippen LogP contribution is 2.36. The zero-order valence-electron chi connectivity index (χ0n) is 15.4. The van der Waals surface area contributed by atoms with Crippen molar-refractivity contribution in [3.05, 3.63) is 57.0 Å². The minimum Gasteiger partial charge on any atom is -0.492 e. The van der Waals surface area contributed by atoms with E-state index in [1.807, 2.05) is 18.2 Å². The predicted octanol–water partition coefficient (Wildman–Crippen LogP) is 7.04. The van der Waals surface area contributed by atoms with Crippen LogP contribution in [-0.2, 0) is 11.0 Å². The molecule has 0 aliphatic rings. The number of nitrogens with one attached hydrogen (secondary N) is 1. The molecule has 0 heterocycles. The van der Waals surface area contributed by atoms with Crippen LogP contribution in [0.5, 0.6) is 5.75 Å². The summed E-state index contributed by atoms with van der Waals surface area (Å²) in [7, 11) is 0. The van der Waals surface area contributed by atoms with Crippen molar-refractivity contribution in [1.29, 1.82) is 0 Å². The van der Waals surface area contributed by atoms with Crippen molar-refractivity contribution in [2.75, 3.05) is 11.9 Å². The minimum atomic E-state index is -4.58. The first-order valence-corrected chi connectivity index (χ1v) is 9.84. The van der Waals surface area contributed by atoms with E-state index in [2.05, 4.69) is 35.1 Å². The largest absolute Gasteiger partial charge is 0.492 e. The van der Waals surface area contributed by atoms with Gasteiger partial charge in [-0.3, -0.25) is 4.79 Å². The van der Waals surface area contributed by atoms with Gasteiger partial charge in [0.05, 0.1) is 21.7 Å². The standard InChI is InChI=1S/C20H20BrClF3NO2/c1-12(2)13-5-8-18(16(21)10-13)28-9-3-4-19(27)26-14-6-7-17(22)15(11-14)20(23,24)25/h5-8,10-12H,3-4,9H2,1-2H3,(H,26,27). The molecule has 0 aliphatic heterocycles. The smallest absolute Gasteiger partial charge is 0.417 e. The molecule has 0 saturated carbocycles. The van der Waals surface area contributed by atoms with E-state index in [1.54, 1.807) is 0 Å². The van der Waals surface area contributed by atoms with Crippen molar-refractivity contribution >= 4 is 39.1 Å². The Balaban J connectivity index is 1.84. The Labute approximate surface area is 175 Å². The van der Waals surface area contributed by atoms with Crippen LogP contribution in [0.3, 0.4) is 0 Å². The number of halogens is 5. The number of hydrogen-bond acceptors (Lipinski definition) is 2. The second-order valence-corrected chi connectivity index (χ2v) is 7.80. The maximum absolute atomic E-state index is 12.9. The van der Waals surface area contributed by atoms with Crippen molar-refractivity contribution in [2.45, 2.75) is 38.8 Å². The second-order valence-electron chi connectivity index (χ2n) is 6.54. The normalized spacial score (nSPS) is 11.6. The van der Waals surface area contributed by atoms with Crippen LogP contribution < -0.4 is 10.1 Å². The van der Waals surface area contributed by atoms with Crippen LogP contribution in [0.4, 0.5) is 18.9 Å². The van der Waals surface area contributed by atoms with E-state index in [4.69, 9.17) is 16.3 Å². The highest BCUT2D eigenvalue weighted by atomic mass is 79.9. The molecule has 1 N–H and O–H groups in total. The molecule has 0 atom stereocenters. The molecule has 2 rings (SSSR count). The van der Waals surface area contributed by atoms with Gasteiger partial charge in [0, 0.05) is 12.1 Å². The van der Waals surface area contributed by atoms with E-state index in [9.17, 15) is 18.0 Å². The van der Waals surface area contributed by atoms with Gasteiger partial charge in [-0.25, -0.2) is 0 Å². The summed E-state index contributed by atoms with van der Waals surface area (Å²) >= 11 is 9.03. The predicted molar refractivity (Wildman–Crippen MR) is 108 cm³/mol. The van der Waals surface area contributed by atoms with Crippen LogP contribution in [0, 0.1) is 0 Å².